The fourth-order valence-corrected chi connectivity index (χ4v) is 3.30. The summed E-state index contributed by atoms with van der Waals surface area (Å²) in [5.41, 5.74) is 0.771. The highest BCUT2D eigenvalue weighted by Crippen LogP contribution is 2.59. The van der Waals surface area contributed by atoms with Crippen LogP contribution in [0.1, 0.15) is 46.0 Å². The van der Waals surface area contributed by atoms with Crippen LogP contribution in [0.25, 0.3) is 0 Å². The van der Waals surface area contributed by atoms with Crippen molar-refractivity contribution >= 4 is 15.9 Å². The molecule has 0 radical (unpaired) electrons. The normalized spacial score (nSPS) is 27.0. The van der Waals surface area contributed by atoms with E-state index in [9.17, 15) is 0 Å². The number of hydrogen-bond acceptors (Lipinski definition) is 0. The third kappa shape index (κ3) is 1.99. The van der Waals surface area contributed by atoms with Crippen LogP contribution in [0.3, 0.4) is 0 Å². The second kappa shape index (κ2) is 3.93. The molecule has 0 saturated heterocycles. The third-order valence-electron chi connectivity index (χ3n) is 3.04. The standard InChI is InChI=1S/C10H19Br/c1-3-5-10(6-4-2)7-9(10)8-11/h9H,3-8H2,1-2H3. The van der Waals surface area contributed by atoms with Gasteiger partial charge in [-0.2, -0.15) is 0 Å². The van der Waals surface area contributed by atoms with E-state index in [2.05, 4.69) is 29.8 Å². The minimum Gasteiger partial charge on any atom is -0.0925 e. The smallest absolute Gasteiger partial charge is 0.00651 e. The van der Waals surface area contributed by atoms with Gasteiger partial charge in [0.25, 0.3) is 0 Å². The second-order valence-electron chi connectivity index (χ2n) is 3.92. The molecular weight excluding hydrogens is 200 g/mol. The van der Waals surface area contributed by atoms with Crippen LogP contribution in [0.4, 0.5) is 0 Å². The molecule has 0 nitrogen and oxygen atoms in total. The Morgan fingerprint density at radius 1 is 1.27 bits per heavy atom. The van der Waals surface area contributed by atoms with Gasteiger partial charge in [0.05, 0.1) is 0 Å². The molecule has 1 rings (SSSR count). The van der Waals surface area contributed by atoms with Crippen molar-refractivity contribution in [1.29, 1.82) is 0 Å². The Hall–Kier alpha value is 0.480. The predicted octanol–water partition coefficient (Wildman–Crippen LogP) is 3.99. The zero-order valence-corrected chi connectivity index (χ0v) is 9.28. The summed E-state index contributed by atoms with van der Waals surface area (Å²) in [6.07, 6.45) is 7.13. The molecule has 0 aromatic heterocycles. The Bertz CT molecular complexity index is 114. The van der Waals surface area contributed by atoms with Crippen molar-refractivity contribution in [2.75, 3.05) is 5.33 Å². The Kier molecular flexibility index (Phi) is 3.42. The van der Waals surface area contributed by atoms with Crippen LogP contribution in [0, 0.1) is 11.3 Å². The van der Waals surface area contributed by atoms with Gasteiger partial charge < -0.3 is 0 Å². The van der Waals surface area contributed by atoms with Crippen LogP contribution in [0.15, 0.2) is 0 Å². The van der Waals surface area contributed by atoms with Gasteiger partial charge in [-0.05, 0) is 30.6 Å². The maximum absolute atomic E-state index is 3.59. The molecule has 0 amide bonds. The number of halogens is 1. The molecule has 0 aromatic rings. The van der Waals surface area contributed by atoms with Crippen molar-refractivity contribution in [3.63, 3.8) is 0 Å². The first kappa shape index (κ1) is 9.57. The van der Waals surface area contributed by atoms with Crippen molar-refractivity contribution in [3.8, 4) is 0 Å². The fourth-order valence-electron chi connectivity index (χ4n) is 2.38. The summed E-state index contributed by atoms with van der Waals surface area (Å²) in [6, 6.07) is 0. The number of hydrogen-bond donors (Lipinski definition) is 0. The van der Waals surface area contributed by atoms with E-state index < -0.39 is 0 Å². The maximum Gasteiger partial charge on any atom is 0.00651 e. The van der Waals surface area contributed by atoms with E-state index in [0.29, 0.717) is 0 Å². The number of alkyl halides is 1. The molecule has 1 atom stereocenters. The van der Waals surface area contributed by atoms with Gasteiger partial charge in [-0.15, -0.1) is 0 Å². The molecule has 1 unspecified atom stereocenters. The molecule has 0 heterocycles. The summed E-state index contributed by atoms with van der Waals surface area (Å²) >= 11 is 3.59. The molecule has 11 heavy (non-hydrogen) atoms. The average molecular weight is 219 g/mol. The van der Waals surface area contributed by atoms with Crippen molar-refractivity contribution in [3.05, 3.63) is 0 Å². The van der Waals surface area contributed by atoms with E-state index in [0.717, 1.165) is 11.3 Å². The van der Waals surface area contributed by atoms with E-state index in [1.165, 1.54) is 37.4 Å². The summed E-state index contributed by atoms with van der Waals surface area (Å²) in [5, 5.41) is 1.23. The Morgan fingerprint density at radius 2 is 1.82 bits per heavy atom. The van der Waals surface area contributed by atoms with Gasteiger partial charge >= 0.3 is 0 Å². The van der Waals surface area contributed by atoms with Crippen molar-refractivity contribution in [2.24, 2.45) is 11.3 Å². The molecular formula is C10H19Br. The molecule has 1 heteroatoms. The summed E-state index contributed by atoms with van der Waals surface area (Å²) in [6.45, 7) is 4.61. The van der Waals surface area contributed by atoms with E-state index in [4.69, 9.17) is 0 Å². The van der Waals surface area contributed by atoms with Crippen LogP contribution < -0.4 is 0 Å². The topological polar surface area (TPSA) is 0 Å². The van der Waals surface area contributed by atoms with E-state index in [1.807, 2.05) is 0 Å². The molecule has 0 spiro atoms. The van der Waals surface area contributed by atoms with E-state index in [1.54, 1.807) is 0 Å². The molecule has 1 fully saturated rings. The monoisotopic (exact) mass is 218 g/mol. The molecule has 1 aliphatic carbocycles. The van der Waals surface area contributed by atoms with Gasteiger partial charge in [-0.3, -0.25) is 0 Å². The van der Waals surface area contributed by atoms with Crippen LogP contribution in [0.5, 0.6) is 0 Å². The lowest BCUT2D eigenvalue weighted by Gasteiger charge is -2.13. The van der Waals surface area contributed by atoms with Crippen molar-refractivity contribution in [1.82, 2.24) is 0 Å². The van der Waals surface area contributed by atoms with Crippen LogP contribution >= 0.6 is 15.9 Å². The van der Waals surface area contributed by atoms with Crippen LogP contribution in [-0.2, 0) is 0 Å². The summed E-state index contributed by atoms with van der Waals surface area (Å²) in [4.78, 5) is 0. The van der Waals surface area contributed by atoms with Gasteiger partial charge in [-0.25, -0.2) is 0 Å². The SMILES string of the molecule is CCCC1(CCC)CC1CBr. The van der Waals surface area contributed by atoms with Gasteiger partial charge in [0.15, 0.2) is 0 Å². The zero-order valence-electron chi connectivity index (χ0n) is 7.70. The summed E-state index contributed by atoms with van der Waals surface area (Å²) in [7, 11) is 0. The van der Waals surface area contributed by atoms with Crippen molar-refractivity contribution < 1.29 is 0 Å². The quantitative estimate of drug-likeness (QED) is 0.613. The molecule has 0 aromatic carbocycles. The zero-order chi connectivity index (χ0) is 8.32. The lowest BCUT2D eigenvalue weighted by molar-refractivity contribution is 0.388. The average Bonchev–Trinajstić information content (AvgIpc) is 2.65. The van der Waals surface area contributed by atoms with E-state index >= 15 is 0 Å². The van der Waals surface area contributed by atoms with Crippen LogP contribution in [-0.4, -0.2) is 5.33 Å². The molecule has 66 valence electrons. The fraction of sp³-hybridized carbons (Fsp3) is 1.00. The minimum absolute atomic E-state index is 0.771. The van der Waals surface area contributed by atoms with Crippen LogP contribution in [0.2, 0.25) is 0 Å². The predicted molar refractivity (Wildman–Crippen MR) is 54.2 cm³/mol. The lowest BCUT2D eigenvalue weighted by Crippen LogP contribution is -2.03. The van der Waals surface area contributed by atoms with Gasteiger partial charge in [0, 0.05) is 5.33 Å². The molecule has 0 aliphatic heterocycles. The van der Waals surface area contributed by atoms with Gasteiger partial charge in [0.1, 0.15) is 0 Å². The van der Waals surface area contributed by atoms with Gasteiger partial charge in [0.2, 0.25) is 0 Å². The second-order valence-corrected chi connectivity index (χ2v) is 4.57. The van der Waals surface area contributed by atoms with Crippen molar-refractivity contribution in [2.45, 2.75) is 46.0 Å². The first-order chi connectivity index (χ1) is 5.29. The largest absolute Gasteiger partial charge is 0.0925 e. The Labute approximate surface area is 78.9 Å². The first-order valence-electron chi connectivity index (χ1n) is 4.85. The summed E-state index contributed by atoms with van der Waals surface area (Å²) in [5.74, 6) is 1.00. The van der Waals surface area contributed by atoms with Gasteiger partial charge in [-0.1, -0.05) is 42.6 Å². The molecule has 0 bridgehead atoms. The third-order valence-corrected chi connectivity index (χ3v) is 3.82. The van der Waals surface area contributed by atoms with E-state index in [-0.39, 0.29) is 0 Å². The lowest BCUT2D eigenvalue weighted by atomic mass is 9.93. The highest BCUT2D eigenvalue weighted by Gasteiger charge is 2.50. The maximum atomic E-state index is 3.59. The highest BCUT2D eigenvalue weighted by molar-refractivity contribution is 9.09. The molecule has 1 saturated carbocycles. The molecule has 0 N–H and O–H groups in total. The Morgan fingerprint density at radius 3 is 2.09 bits per heavy atom. The highest BCUT2D eigenvalue weighted by atomic mass is 79.9. The molecule has 1 aliphatic rings. The first-order valence-corrected chi connectivity index (χ1v) is 5.97. The number of rotatable bonds is 5. The minimum atomic E-state index is 0.771. The summed E-state index contributed by atoms with van der Waals surface area (Å²) < 4.78 is 0. The Balaban J connectivity index is 2.35.